The van der Waals surface area contributed by atoms with Crippen molar-refractivity contribution in [3.05, 3.63) is 64.3 Å². The fourth-order valence-corrected chi connectivity index (χ4v) is 2.59. The van der Waals surface area contributed by atoms with Gasteiger partial charge in [0, 0.05) is 10.6 Å². The Morgan fingerprint density at radius 3 is 2.64 bits per heavy atom. The molecule has 1 aliphatic rings. The average Bonchev–Trinajstić information content (AvgIpc) is 3.02. The van der Waals surface area contributed by atoms with Crippen LogP contribution in [0.1, 0.15) is 25.0 Å². The van der Waals surface area contributed by atoms with Gasteiger partial charge < -0.3 is 14.2 Å². The Bertz CT molecular complexity index is 994. The van der Waals surface area contributed by atoms with Crippen molar-refractivity contribution in [2.24, 2.45) is 10.9 Å². The molecule has 0 fully saturated rings. The molecule has 0 amide bonds. The minimum absolute atomic E-state index is 0.126. The molecule has 28 heavy (non-hydrogen) atoms. The fraction of sp³-hybridized carbons (Fsp3) is 0.190. The van der Waals surface area contributed by atoms with E-state index in [0.29, 0.717) is 21.9 Å². The molecule has 0 bridgehead atoms. The molecule has 1 heterocycles. The summed E-state index contributed by atoms with van der Waals surface area (Å²) in [6, 6.07) is 11.8. The van der Waals surface area contributed by atoms with Crippen molar-refractivity contribution in [1.29, 1.82) is 0 Å². The summed E-state index contributed by atoms with van der Waals surface area (Å²) in [6.45, 7) is 3.47. The number of aliphatic imine (C=N–C) groups is 1. The van der Waals surface area contributed by atoms with Crippen LogP contribution >= 0.6 is 11.6 Å². The molecule has 0 saturated heterocycles. The molecule has 1 aliphatic heterocycles. The van der Waals surface area contributed by atoms with Crippen molar-refractivity contribution in [1.82, 2.24) is 0 Å². The lowest BCUT2D eigenvalue weighted by molar-refractivity contribution is -0.137. The van der Waals surface area contributed by atoms with Crippen LogP contribution < -0.4 is 9.47 Å². The predicted octanol–water partition coefficient (Wildman–Crippen LogP) is 4.25. The second-order valence-corrected chi connectivity index (χ2v) is 6.77. The zero-order valence-corrected chi connectivity index (χ0v) is 16.3. The van der Waals surface area contributed by atoms with Gasteiger partial charge in [-0.25, -0.2) is 9.79 Å². The topological polar surface area (TPSA) is 74.2 Å². The number of methoxy groups -OCH3 is 1. The smallest absolute Gasteiger partial charge is 0.363 e. The summed E-state index contributed by atoms with van der Waals surface area (Å²) in [6.07, 6.45) is 1.55. The molecule has 144 valence electrons. The summed E-state index contributed by atoms with van der Waals surface area (Å²) in [4.78, 5) is 28.3. The number of benzene rings is 2. The van der Waals surface area contributed by atoms with Gasteiger partial charge in [0.15, 0.2) is 17.2 Å². The third-order valence-corrected chi connectivity index (χ3v) is 4.10. The molecule has 0 radical (unpaired) electrons. The summed E-state index contributed by atoms with van der Waals surface area (Å²) in [5, 5.41) is 0.514. The van der Waals surface area contributed by atoms with Crippen molar-refractivity contribution in [3.63, 3.8) is 0 Å². The summed E-state index contributed by atoms with van der Waals surface area (Å²) in [5.41, 5.74) is 1.34. The Kier molecular flexibility index (Phi) is 5.80. The number of halogens is 1. The lowest BCUT2D eigenvalue weighted by atomic mass is 10.1. The second kappa shape index (κ2) is 8.27. The quantitative estimate of drug-likeness (QED) is 0.426. The normalized spacial score (nSPS) is 14.8. The zero-order chi connectivity index (χ0) is 20.3. The van der Waals surface area contributed by atoms with Gasteiger partial charge in [-0.2, -0.15) is 0 Å². The Morgan fingerprint density at radius 2 is 1.96 bits per heavy atom. The Hall–Kier alpha value is -3.12. The number of esters is 2. The molecule has 7 heteroatoms. The minimum atomic E-state index is -0.577. The van der Waals surface area contributed by atoms with E-state index in [2.05, 4.69) is 4.99 Å². The first kappa shape index (κ1) is 19.6. The van der Waals surface area contributed by atoms with Gasteiger partial charge in [-0.15, -0.1) is 0 Å². The van der Waals surface area contributed by atoms with Crippen LogP contribution in [-0.4, -0.2) is 24.9 Å². The van der Waals surface area contributed by atoms with Crippen molar-refractivity contribution in [2.45, 2.75) is 13.8 Å². The monoisotopic (exact) mass is 399 g/mol. The van der Waals surface area contributed by atoms with Gasteiger partial charge >= 0.3 is 11.9 Å². The third kappa shape index (κ3) is 4.40. The van der Waals surface area contributed by atoms with Crippen LogP contribution in [0.15, 0.2) is 53.2 Å². The number of hydrogen-bond acceptors (Lipinski definition) is 6. The highest BCUT2D eigenvalue weighted by molar-refractivity contribution is 6.31. The van der Waals surface area contributed by atoms with E-state index in [4.69, 9.17) is 25.8 Å². The van der Waals surface area contributed by atoms with Gasteiger partial charge in [-0.05, 0) is 42.0 Å². The Labute approximate surface area is 167 Å². The van der Waals surface area contributed by atoms with E-state index < -0.39 is 5.97 Å². The molecule has 3 rings (SSSR count). The van der Waals surface area contributed by atoms with Crippen LogP contribution in [0.5, 0.6) is 11.5 Å². The molecule has 0 saturated carbocycles. The van der Waals surface area contributed by atoms with Crippen LogP contribution in [0.3, 0.4) is 0 Å². The number of carbonyl (C=O) groups excluding carboxylic acids is 2. The van der Waals surface area contributed by atoms with Crippen LogP contribution in [0.4, 0.5) is 0 Å². The van der Waals surface area contributed by atoms with E-state index >= 15 is 0 Å². The largest absolute Gasteiger partial charge is 0.493 e. The van der Waals surface area contributed by atoms with Crippen LogP contribution in [0.2, 0.25) is 5.02 Å². The number of cyclic esters (lactones) is 1. The highest BCUT2D eigenvalue weighted by atomic mass is 35.5. The van der Waals surface area contributed by atoms with Gasteiger partial charge in [0.05, 0.1) is 13.0 Å². The first-order chi connectivity index (χ1) is 13.4. The molecule has 2 aromatic carbocycles. The van der Waals surface area contributed by atoms with Crippen molar-refractivity contribution >= 4 is 35.5 Å². The molecular formula is C21H18ClNO5. The van der Waals surface area contributed by atoms with Crippen molar-refractivity contribution in [3.8, 4) is 11.5 Å². The van der Waals surface area contributed by atoms with E-state index in [9.17, 15) is 9.59 Å². The SMILES string of the molecule is COc1ccc(/C=C2/N=C(c3cccc(Cl)c3)OC2=O)cc1OC(=O)C(C)C. The second-order valence-electron chi connectivity index (χ2n) is 6.33. The fourth-order valence-electron chi connectivity index (χ4n) is 2.40. The molecule has 0 aliphatic carbocycles. The summed E-state index contributed by atoms with van der Waals surface area (Å²) >= 11 is 5.97. The van der Waals surface area contributed by atoms with Gasteiger partial charge in [0.1, 0.15) is 0 Å². The van der Waals surface area contributed by atoms with Crippen LogP contribution in [0.25, 0.3) is 6.08 Å². The van der Waals surface area contributed by atoms with Gasteiger partial charge in [-0.1, -0.05) is 37.6 Å². The van der Waals surface area contributed by atoms with Gasteiger partial charge in [0.2, 0.25) is 5.90 Å². The Morgan fingerprint density at radius 1 is 1.18 bits per heavy atom. The highest BCUT2D eigenvalue weighted by Gasteiger charge is 2.24. The van der Waals surface area contributed by atoms with E-state index in [-0.39, 0.29) is 29.2 Å². The molecule has 6 nitrogen and oxygen atoms in total. The van der Waals surface area contributed by atoms with E-state index in [1.807, 2.05) is 0 Å². The Balaban J connectivity index is 1.92. The molecule has 0 atom stereocenters. The number of carbonyl (C=O) groups is 2. The van der Waals surface area contributed by atoms with Gasteiger partial charge in [0.25, 0.3) is 0 Å². The molecule has 0 aromatic heterocycles. The standard InChI is InChI=1S/C21H18ClNO5/c1-12(2)20(24)27-18-10-13(7-8-17(18)26-3)9-16-21(25)28-19(23-16)14-5-4-6-15(22)11-14/h4-12H,1-3H3/b16-9+. The van der Waals surface area contributed by atoms with Crippen molar-refractivity contribution < 1.29 is 23.8 Å². The van der Waals surface area contributed by atoms with Crippen LogP contribution in [-0.2, 0) is 14.3 Å². The first-order valence-electron chi connectivity index (χ1n) is 8.55. The van der Waals surface area contributed by atoms with E-state index in [1.165, 1.54) is 7.11 Å². The van der Waals surface area contributed by atoms with E-state index in [1.54, 1.807) is 62.4 Å². The number of ether oxygens (including phenoxy) is 3. The lowest BCUT2D eigenvalue weighted by Crippen LogP contribution is -2.15. The maximum atomic E-state index is 12.2. The average molecular weight is 400 g/mol. The summed E-state index contributed by atoms with van der Waals surface area (Å²) in [7, 11) is 1.48. The van der Waals surface area contributed by atoms with Gasteiger partial charge in [-0.3, -0.25) is 4.79 Å². The van der Waals surface area contributed by atoms with Crippen LogP contribution in [0, 0.1) is 5.92 Å². The maximum absolute atomic E-state index is 12.2. The molecule has 0 unspecified atom stereocenters. The molecule has 0 N–H and O–H groups in total. The minimum Gasteiger partial charge on any atom is -0.493 e. The highest BCUT2D eigenvalue weighted by Crippen LogP contribution is 2.30. The zero-order valence-electron chi connectivity index (χ0n) is 15.6. The lowest BCUT2D eigenvalue weighted by Gasteiger charge is -2.11. The molecule has 0 spiro atoms. The predicted molar refractivity (Wildman–Crippen MR) is 106 cm³/mol. The maximum Gasteiger partial charge on any atom is 0.363 e. The summed E-state index contributed by atoms with van der Waals surface area (Å²) < 4.78 is 15.8. The first-order valence-corrected chi connectivity index (χ1v) is 8.93. The summed E-state index contributed by atoms with van der Waals surface area (Å²) in [5.74, 6) is -0.398. The third-order valence-electron chi connectivity index (χ3n) is 3.87. The van der Waals surface area contributed by atoms with Crippen molar-refractivity contribution in [2.75, 3.05) is 7.11 Å². The molecule has 2 aromatic rings. The number of rotatable bonds is 5. The number of nitrogens with zero attached hydrogens (tertiary/aromatic N) is 1. The van der Waals surface area contributed by atoms with E-state index in [0.717, 1.165) is 0 Å². The number of hydrogen-bond donors (Lipinski definition) is 0. The molecular weight excluding hydrogens is 382 g/mol.